The Kier molecular flexibility index (Phi) is 3.74. The number of aliphatic carboxylic acids is 1. The van der Waals surface area contributed by atoms with Gasteiger partial charge in [-0.15, -0.1) is 0 Å². The predicted molar refractivity (Wildman–Crippen MR) is 69.0 cm³/mol. The van der Waals surface area contributed by atoms with Crippen molar-refractivity contribution in [2.24, 2.45) is 5.92 Å². The molecule has 0 aliphatic carbocycles. The molecule has 1 aromatic rings. The summed E-state index contributed by atoms with van der Waals surface area (Å²) in [6, 6.07) is 6.27. The SMILES string of the molecule is CC1CC(C(=O)O)CCN1C(=O)c1ccccc1O. The second-order valence-electron chi connectivity index (χ2n) is 4.92. The molecular weight excluding hydrogens is 246 g/mol. The van der Waals surface area contributed by atoms with Gasteiger partial charge in [-0.05, 0) is 31.9 Å². The first-order chi connectivity index (χ1) is 9.00. The molecule has 0 spiro atoms. The van der Waals surface area contributed by atoms with E-state index in [-0.39, 0.29) is 29.2 Å². The number of rotatable bonds is 2. The Bertz CT molecular complexity index is 500. The number of carbonyl (C=O) groups excluding carboxylic acids is 1. The standard InChI is InChI=1S/C14H17NO4/c1-9-8-10(14(18)19)6-7-15(9)13(17)11-4-2-3-5-12(11)16/h2-5,9-10,16H,6-8H2,1H3,(H,18,19). The van der Waals surface area contributed by atoms with Crippen LogP contribution in [-0.4, -0.2) is 39.6 Å². The normalized spacial score (nSPS) is 23.1. The lowest BCUT2D eigenvalue weighted by Gasteiger charge is -2.36. The van der Waals surface area contributed by atoms with E-state index in [4.69, 9.17) is 5.11 Å². The summed E-state index contributed by atoms with van der Waals surface area (Å²) >= 11 is 0. The number of likely N-dealkylation sites (tertiary alicyclic amines) is 1. The number of carboxylic acid groups (broad SMARTS) is 1. The lowest BCUT2D eigenvalue weighted by Crippen LogP contribution is -2.46. The van der Waals surface area contributed by atoms with Crippen LogP contribution in [0, 0.1) is 5.92 Å². The number of hydrogen-bond donors (Lipinski definition) is 2. The van der Waals surface area contributed by atoms with E-state index in [1.165, 1.54) is 6.07 Å². The largest absolute Gasteiger partial charge is 0.507 e. The number of carboxylic acids is 1. The van der Waals surface area contributed by atoms with Gasteiger partial charge in [-0.2, -0.15) is 0 Å². The molecule has 2 unspecified atom stereocenters. The Labute approximate surface area is 111 Å². The van der Waals surface area contributed by atoms with Gasteiger partial charge in [0, 0.05) is 12.6 Å². The number of phenolic OH excluding ortho intramolecular Hbond substituents is 1. The Morgan fingerprint density at radius 1 is 1.32 bits per heavy atom. The second-order valence-corrected chi connectivity index (χ2v) is 4.92. The van der Waals surface area contributed by atoms with Crippen LogP contribution in [0.5, 0.6) is 5.75 Å². The third-order valence-corrected chi connectivity index (χ3v) is 3.62. The van der Waals surface area contributed by atoms with E-state index < -0.39 is 5.97 Å². The number of phenols is 1. The maximum atomic E-state index is 12.3. The number of para-hydroxylation sites is 1. The molecule has 2 atom stereocenters. The molecule has 1 aliphatic rings. The number of hydrogen-bond acceptors (Lipinski definition) is 3. The van der Waals surface area contributed by atoms with Crippen LogP contribution in [0.3, 0.4) is 0 Å². The van der Waals surface area contributed by atoms with E-state index in [1.807, 2.05) is 6.92 Å². The smallest absolute Gasteiger partial charge is 0.306 e. The van der Waals surface area contributed by atoms with Gasteiger partial charge >= 0.3 is 5.97 Å². The molecule has 1 fully saturated rings. The number of aromatic hydroxyl groups is 1. The molecule has 102 valence electrons. The summed E-state index contributed by atoms with van der Waals surface area (Å²) in [6.45, 7) is 2.25. The maximum Gasteiger partial charge on any atom is 0.306 e. The van der Waals surface area contributed by atoms with Gasteiger partial charge in [0.15, 0.2) is 0 Å². The van der Waals surface area contributed by atoms with E-state index in [0.717, 1.165) is 0 Å². The fourth-order valence-electron chi connectivity index (χ4n) is 2.51. The predicted octanol–water partition coefficient (Wildman–Crippen LogP) is 1.72. The van der Waals surface area contributed by atoms with Crippen LogP contribution in [0.15, 0.2) is 24.3 Å². The third-order valence-electron chi connectivity index (χ3n) is 3.62. The molecule has 19 heavy (non-hydrogen) atoms. The molecule has 0 bridgehead atoms. The van der Waals surface area contributed by atoms with Crippen molar-refractivity contribution >= 4 is 11.9 Å². The Balaban J connectivity index is 2.13. The van der Waals surface area contributed by atoms with Crippen LogP contribution < -0.4 is 0 Å². The minimum absolute atomic E-state index is 0.0416. The fourth-order valence-corrected chi connectivity index (χ4v) is 2.51. The van der Waals surface area contributed by atoms with Crippen LogP contribution >= 0.6 is 0 Å². The lowest BCUT2D eigenvalue weighted by atomic mass is 9.91. The van der Waals surface area contributed by atoms with Gasteiger partial charge in [-0.25, -0.2) is 0 Å². The summed E-state index contributed by atoms with van der Waals surface area (Å²) in [5, 5.41) is 18.7. The second kappa shape index (κ2) is 5.30. The molecule has 1 amide bonds. The first-order valence-corrected chi connectivity index (χ1v) is 6.32. The Morgan fingerprint density at radius 3 is 2.58 bits per heavy atom. The Hall–Kier alpha value is -2.04. The van der Waals surface area contributed by atoms with Crippen molar-refractivity contribution in [3.8, 4) is 5.75 Å². The monoisotopic (exact) mass is 263 g/mol. The van der Waals surface area contributed by atoms with E-state index >= 15 is 0 Å². The molecule has 5 heteroatoms. The van der Waals surface area contributed by atoms with Gasteiger partial charge in [0.25, 0.3) is 5.91 Å². The number of benzene rings is 1. The summed E-state index contributed by atoms with van der Waals surface area (Å²) in [5.74, 6) is -1.47. The molecule has 2 rings (SSSR count). The van der Waals surface area contributed by atoms with Crippen LogP contribution in [0.25, 0.3) is 0 Å². The van der Waals surface area contributed by atoms with Crippen molar-refractivity contribution in [2.45, 2.75) is 25.8 Å². The minimum Gasteiger partial charge on any atom is -0.507 e. The highest BCUT2D eigenvalue weighted by Crippen LogP contribution is 2.26. The van der Waals surface area contributed by atoms with Gasteiger partial charge in [-0.1, -0.05) is 12.1 Å². The van der Waals surface area contributed by atoms with Crippen molar-refractivity contribution in [3.63, 3.8) is 0 Å². The zero-order valence-corrected chi connectivity index (χ0v) is 10.7. The number of carbonyl (C=O) groups is 2. The average molecular weight is 263 g/mol. The minimum atomic E-state index is -0.804. The van der Waals surface area contributed by atoms with Gasteiger partial charge in [0.05, 0.1) is 11.5 Å². The summed E-state index contributed by atoms with van der Waals surface area (Å²) < 4.78 is 0. The maximum absolute atomic E-state index is 12.3. The van der Waals surface area contributed by atoms with Gasteiger partial charge < -0.3 is 15.1 Å². The van der Waals surface area contributed by atoms with E-state index in [0.29, 0.717) is 19.4 Å². The van der Waals surface area contributed by atoms with Crippen molar-refractivity contribution in [3.05, 3.63) is 29.8 Å². The molecule has 0 saturated carbocycles. The third kappa shape index (κ3) is 2.70. The topological polar surface area (TPSA) is 77.8 Å². The van der Waals surface area contributed by atoms with E-state index in [1.54, 1.807) is 23.1 Å². The van der Waals surface area contributed by atoms with E-state index in [2.05, 4.69) is 0 Å². The molecule has 0 aromatic heterocycles. The molecule has 1 aromatic carbocycles. The molecule has 0 radical (unpaired) electrons. The van der Waals surface area contributed by atoms with Crippen molar-refractivity contribution < 1.29 is 19.8 Å². The molecule has 5 nitrogen and oxygen atoms in total. The quantitative estimate of drug-likeness (QED) is 0.851. The van der Waals surface area contributed by atoms with E-state index in [9.17, 15) is 14.7 Å². The highest BCUT2D eigenvalue weighted by Gasteiger charge is 2.33. The molecule has 1 heterocycles. The highest BCUT2D eigenvalue weighted by atomic mass is 16.4. The highest BCUT2D eigenvalue weighted by molar-refractivity contribution is 5.97. The summed E-state index contributed by atoms with van der Waals surface area (Å²) in [6.07, 6.45) is 0.910. The van der Waals surface area contributed by atoms with Gasteiger partial charge in [-0.3, -0.25) is 9.59 Å². The summed E-state index contributed by atoms with van der Waals surface area (Å²) in [4.78, 5) is 24.9. The Morgan fingerprint density at radius 2 is 2.00 bits per heavy atom. The van der Waals surface area contributed by atoms with Crippen LogP contribution in [0.2, 0.25) is 0 Å². The zero-order valence-electron chi connectivity index (χ0n) is 10.7. The van der Waals surface area contributed by atoms with Crippen molar-refractivity contribution in [2.75, 3.05) is 6.54 Å². The van der Waals surface area contributed by atoms with Crippen molar-refractivity contribution in [1.82, 2.24) is 4.90 Å². The number of amides is 1. The van der Waals surface area contributed by atoms with Crippen LogP contribution in [-0.2, 0) is 4.79 Å². The van der Waals surface area contributed by atoms with Gasteiger partial charge in [0.1, 0.15) is 5.75 Å². The number of piperidine rings is 1. The van der Waals surface area contributed by atoms with Gasteiger partial charge in [0.2, 0.25) is 0 Å². The summed E-state index contributed by atoms with van der Waals surface area (Å²) in [5.41, 5.74) is 0.267. The van der Waals surface area contributed by atoms with Crippen LogP contribution in [0.4, 0.5) is 0 Å². The number of nitrogens with zero attached hydrogens (tertiary/aromatic N) is 1. The molecule has 2 N–H and O–H groups in total. The molecular formula is C14H17NO4. The lowest BCUT2D eigenvalue weighted by molar-refractivity contribution is -0.143. The molecule has 1 saturated heterocycles. The molecule has 1 aliphatic heterocycles. The fraction of sp³-hybridized carbons (Fsp3) is 0.429. The zero-order chi connectivity index (χ0) is 14.0. The van der Waals surface area contributed by atoms with Crippen molar-refractivity contribution in [1.29, 1.82) is 0 Å². The first-order valence-electron chi connectivity index (χ1n) is 6.32. The summed E-state index contributed by atoms with van der Waals surface area (Å²) in [7, 11) is 0. The average Bonchev–Trinajstić information content (AvgIpc) is 2.38. The first kappa shape index (κ1) is 13.4. The van der Waals surface area contributed by atoms with Crippen LogP contribution in [0.1, 0.15) is 30.1 Å².